The largest absolute Gasteiger partial charge is 0.326 e. The van der Waals surface area contributed by atoms with Gasteiger partial charge < -0.3 is 10.2 Å². The van der Waals surface area contributed by atoms with Gasteiger partial charge in [0.05, 0.1) is 13.1 Å². The molecule has 1 aromatic rings. The topological polar surface area (TPSA) is 32.3 Å². The number of nitrogens with zero attached hydrogens (tertiary/aromatic N) is 1. The van der Waals surface area contributed by atoms with Crippen molar-refractivity contribution in [1.82, 2.24) is 10.2 Å². The van der Waals surface area contributed by atoms with Crippen LogP contribution in [0, 0.1) is 12.3 Å². The molecule has 17 heavy (non-hydrogen) atoms. The number of carbonyl (C=O) groups is 1. The van der Waals surface area contributed by atoms with Crippen LogP contribution in [-0.2, 0) is 11.3 Å². The molecule has 4 heteroatoms. The van der Waals surface area contributed by atoms with Crippen molar-refractivity contribution in [1.29, 1.82) is 0 Å². The normalized spacial score (nSPS) is 9.71. The maximum Gasteiger partial charge on any atom is 0.237 e. The summed E-state index contributed by atoms with van der Waals surface area (Å²) in [5.74, 6) is 2.44. The molecule has 0 heterocycles. The van der Waals surface area contributed by atoms with Crippen LogP contribution in [0.15, 0.2) is 24.3 Å². The van der Waals surface area contributed by atoms with Crippen molar-refractivity contribution in [2.24, 2.45) is 0 Å². The summed E-state index contributed by atoms with van der Waals surface area (Å²) in [6.45, 7) is 0.988. The van der Waals surface area contributed by atoms with Crippen LogP contribution in [0.25, 0.3) is 0 Å². The minimum atomic E-state index is -0.0367. The van der Waals surface area contributed by atoms with E-state index in [1.165, 1.54) is 0 Å². The Bertz CT molecular complexity index is 426. The summed E-state index contributed by atoms with van der Waals surface area (Å²) in [6, 6.07) is 7.43. The zero-order valence-electron chi connectivity index (χ0n) is 9.74. The number of hydrogen-bond donors (Lipinski definition) is 1. The van der Waals surface area contributed by atoms with Gasteiger partial charge in [-0.3, -0.25) is 4.79 Å². The number of carbonyl (C=O) groups excluding carboxylic acids is 1. The molecule has 1 rings (SSSR count). The second-order valence-electron chi connectivity index (χ2n) is 3.58. The Labute approximate surface area is 107 Å². The zero-order valence-corrected chi connectivity index (χ0v) is 10.5. The summed E-state index contributed by atoms with van der Waals surface area (Å²) in [5, 5.41) is 3.46. The molecule has 0 bridgehead atoms. The lowest BCUT2D eigenvalue weighted by Gasteiger charge is -2.20. The van der Waals surface area contributed by atoms with Crippen molar-refractivity contribution in [3.05, 3.63) is 34.9 Å². The molecule has 1 aromatic carbocycles. The summed E-state index contributed by atoms with van der Waals surface area (Å²) in [5.41, 5.74) is 0.897. The third kappa shape index (κ3) is 4.10. The van der Waals surface area contributed by atoms with E-state index < -0.39 is 0 Å². The van der Waals surface area contributed by atoms with Gasteiger partial charge >= 0.3 is 0 Å². The lowest BCUT2D eigenvalue weighted by molar-refractivity contribution is -0.130. The Balaban J connectivity index is 2.77. The van der Waals surface area contributed by atoms with E-state index in [1.807, 2.05) is 18.2 Å². The molecule has 0 aromatic heterocycles. The van der Waals surface area contributed by atoms with Gasteiger partial charge in [-0.2, -0.15) is 0 Å². The third-order valence-corrected chi connectivity index (χ3v) is 2.65. The Hall–Kier alpha value is -1.50. The standard InChI is InChI=1S/C13H15ClN2O/c1-3-8-16(13(17)9-15-2)10-11-6-4-5-7-12(11)14/h1,4-7,15H,8-10H2,2H3. The van der Waals surface area contributed by atoms with E-state index in [4.69, 9.17) is 18.0 Å². The minimum absolute atomic E-state index is 0.0367. The molecule has 0 saturated heterocycles. The summed E-state index contributed by atoms with van der Waals surface area (Å²) in [4.78, 5) is 13.4. The minimum Gasteiger partial charge on any atom is -0.326 e. The van der Waals surface area contributed by atoms with Gasteiger partial charge in [0.25, 0.3) is 0 Å². The fourth-order valence-electron chi connectivity index (χ4n) is 1.44. The van der Waals surface area contributed by atoms with E-state index in [0.29, 0.717) is 11.6 Å². The van der Waals surface area contributed by atoms with Crippen molar-refractivity contribution in [2.45, 2.75) is 6.54 Å². The molecule has 0 fully saturated rings. The van der Waals surface area contributed by atoms with Gasteiger partial charge in [-0.05, 0) is 18.7 Å². The number of nitrogens with one attached hydrogen (secondary N) is 1. The van der Waals surface area contributed by atoms with E-state index >= 15 is 0 Å². The molecular weight excluding hydrogens is 236 g/mol. The van der Waals surface area contributed by atoms with Crippen molar-refractivity contribution in [3.8, 4) is 12.3 Å². The van der Waals surface area contributed by atoms with E-state index in [2.05, 4.69) is 11.2 Å². The van der Waals surface area contributed by atoms with Crippen LogP contribution in [0.5, 0.6) is 0 Å². The first-order valence-electron chi connectivity index (χ1n) is 5.28. The van der Waals surface area contributed by atoms with Crippen LogP contribution < -0.4 is 5.32 Å². The summed E-state index contributed by atoms with van der Waals surface area (Å²) < 4.78 is 0. The summed E-state index contributed by atoms with van der Waals surface area (Å²) in [6.07, 6.45) is 5.26. The highest BCUT2D eigenvalue weighted by Crippen LogP contribution is 2.16. The van der Waals surface area contributed by atoms with E-state index in [0.717, 1.165) is 5.56 Å². The lowest BCUT2D eigenvalue weighted by Crippen LogP contribution is -2.37. The number of amides is 1. The quantitative estimate of drug-likeness (QED) is 0.804. The van der Waals surface area contributed by atoms with Crippen LogP contribution in [0.2, 0.25) is 5.02 Å². The number of hydrogen-bond acceptors (Lipinski definition) is 2. The second kappa shape index (κ2) is 6.95. The molecule has 3 nitrogen and oxygen atoms in total. The van der Waals surface area contributed by atoms with Gasteiger partial charge in [0, 0.05) is 11.6 Å². The van der Waals surface area contributed by atoms with Crippen LogP contribution in [-0.4, -0.2) is 30.9 Å². The van der Waals surface area contributed by atoms with Crippen LogP contribution >= 0.6 is 11.6 Å². The van der Waals surface area contributed by atoms with E-state index in [9.17, 15) is 4.79 Å². The second-order valence-corrected chi connectivity index (χ2v) is 3.98. The molecule has 0 spiro atoms. The molecule has 0 radical (unpaired) electrons. The number of halogens is 1. The maximum atomic E-state index is 11.8. The van der Waals surface area contributed by atoms with E-state index in [-0.39, 0.29) is 19.0 Å². The molecule has 0 atom stereocenters. The number of likely N-dealkylation sites (N-methyl/N-ethyl adjacent to an activating group) is 1. The first-order chi connectivity index (χ1) is 8.19. The van der Waals surface area contributed by atoms with E-state index in [1.54, 1.807) is 18.0 Å². The molecule has 1 amide bonds. The summed E-state index contributed by atoms with van der Waals surface area (Å²) in [7, 11) is 1.72. The fourth-order valence-corrected chi connectivity index (χ4v) is 1.63. The number of benzene rings is 1. The Kier molecular flexibility index (Phi) is 5.55. The highest BCUT2D eigenvalue weighted by Gasteiger charge is 2.13. The van der Waals surface area contributed by atoms with Crippen molar-refractivity contribution >= 4 is 17.5 Å². The lowest BCUT2D eigenvalue weighted by atomic mass is 10.2. The van der Waals surface area contributed by atoms with Gasteiger partial charge in [-0.15, -0.1) is 6.42 Å². The zero-order chi connectivity index (χ0) is 12.7. The Morgan fingerprint density at radius 1 is 1.53 bits per heavy atom. The first kappa shape index (κ1) is 13.6. The molecule has 0 aliphatic heterocycles. The highest BCUT2D eigenvalue weighted by atomic mass is 35.5. The third-order valence-electron chi connectivity index (χ3n) is 2.28. The van der Waals surface area contributed by atoms with Gasteiger partial charge in [-0.25, -0.2) is 0 Å². The van der Waals surface area contributed by atoms with Crippen molar-refractivity contribution in [2.75, 3.05) is 20.1 Å². The molecule has 0 aliphatic rings. The number of rotatable bonds is 5. The molecule has 0 saturated carbocycles. The van der Waals surface area contributed by atoms with Crippen LogP contribution in [0.4, 0.5) is 0 Å². The first-order valence-corrected chi connectivity index (χ1v) is 5.66. The SMILES string of the molecule is C#CCN(Cc1ccccc1Cl)C(=O)CNC. The van der Waals surface area contributed by atoms with Gasteiger partial charge in [-0.1, -0.05) is 35.7 Å². The Morgan fingerprint density at radius 2 is 2.24 bits per heavy atom. The molecule has 0 aliphatic carbocycles. The summed E-state index contributed by atoms with van der Waals surface area (Å²) >= 11 is 6.04. The average molecular weight is 251 g/mol. The predicted octanol–water partition coefficient (Wildman–Crippen LogP) is 1.52. The van der Waals surface area contributed by atoms with Crippen molar-refractivity contribution < 1.29 is 4.79 Å². The molecule has 0 unspecified atom stereocenters. The highest BCUT2D eigenvalue weighted by molar-refractivity contribution is 6.31. The maximum absolute atomic E-state index is 11.8. The number of terminal acetylenes is 1. The van der Waals surface area contributed by atoms with Gasteiger partial charge in [0.15, 0.2) is 0 Å². The van der Waals surface area contributed by atoms with Crippen LogP contribution in [0.3, 0.4) is 0 Å². The fraction of sp³-hybridized carbons (Fsp3) is 0.308. The predicted molar refractivity (Wildman–Crippen MR) is 69.6 cm³/mol. The van der Waals surface area contributed by atoms with Gasteiger partial charge in [0.2, 0.25) is 5.91 Å². The molecule has 90 valence electrons. The molecule has 1 N–H and O–H groups in total. The van der Waals surface area contributed by atoms with Gasteiger partial charge in [0.1, 0.15) is 0 Å². The monoisotopic (exact) mass is 250 g/mol. The smallest absolute Gasteiger partial charge is 0.237 e. The Morgan fingerprint density at radius 3 is 2.82 bits per heavy atom. The van der Waals surface area contributed by atoms with Crippen LogP contribution in [0.1, 0.15) is 5.56 Å². The molecular formula is C13H15ClN2O. The average Bonchev–Trinajstić information content (AvgIpc) is 2.31. The van der Waals surface area contributed by atoms with Crippen molar-refractivity contribution in [3.63, 3.8) is 0 Å².